The third-order valence-corrected chi connectivity index (χ3v) is 3.65. The van der Waals surface area contributed by atoms with E-state index in [9.17, 15) is 19.5 Å². The Hall–Kier alpha value is -2.69. The first kappa shape index (κ1) is 15.7. The number of aromatic nitrogens is 1. The lowest BCUT2D eigenvalue weighted by molar-refractivity contribution is 0.0694. The molecule has 0 spiro atoms. The van der Waals surface area contributed by atoms with Crippen LogP contribution in [0.4, 0.5) is 0 Å². The third-order valence-electron chi connectivity index (χ3n) is 3.65. The SMILES string of the molecule is CC(=O)c1cc(C(=O)O)c(=O)n(-c2ccc(C)cc2C)c1C. The Morgan fingerprint density at radius 3 is 2.18 bits per heavy atom. The van der Waals surface area contributed by atoms with Crippen LogP contribution in [0, 0.1) is 20.8 Å². The van der Waals surface area contributed by atoms with Gasteiger partial charge in [-0.15, -0.1) is 0 Å². The van der Waals surface area contributed by atoms with Gasteiger partial charge in [0.25, 0.3) is 5.56 Å². The molecule has 0 aliphatic rings. The highest BCUT2D eigenvalue weighted by Crippen LogP contribution is 2.19. The van der Waals surface area contributed by atoms with Gasteiger partial charge in [0.15, 0.2) is 5.78 Å². The number of carbonyl (C=O) groups excluding carboxylic acids is 1. The third kappa shape index (κ3) is 2.57. The average Bonchev–Trinajstić information content (AvgIpc) is 2.40. The Morgan fingerprint density at radius 1 is 1.05 bits per heavy atom. The highest BCUT2D eigenvalue weighted by atomic mass is 16.4. The number of carbonyl (C=O) groups is 2. The molecule has 0 saturated carbocycles. The molecule has 5 nitrogen and oxygen atoms in total. The first-order chi connectivity index (χ1) is 10.2. The molecule has 1 aromatic heterocycles. The fourth-order valence-electron chi connectivity index (χ4n) is 2.56. The van der Waals surface area contributed by atoms with Gasteiger partial charge in [0.2, 0.25) is 0 Å². The topological polar surface area (TPSA) is 76.4 Å². The Kier molecular flexibility index (Phi) is 3.99. The summed E-state index contributed by atoms with van der Waals surface area (Å²) in [5.74, 6) is -1.62. The normalized spacial score (nSPS) is 10.5. The first-order valence-electron chi connectivity index (χ1n) is 6.82. The molecule has 5 heteroatoms. The standard InChI is InChI=1S/C17H17NO4/c1-9-5-6-15(10(2)7-9)18-11(3)13(12(4)19)8-14(16(18)20)17(21)22/h5-8H,1-4H3,(H,21,22). The van der Waals surface area contributed by atoms with Gasteiger partial charge in [-0.25, -0.2) is 4.79 Å². The maximum Gasteiger partial charge on any atom is 0.341 e. The molecule has 1 heterocycles. The minimum atomic E-state index is -1.34. The van der Waals surface area contributed by atoms with Crippen LogP contribution in [0.25, 0.3) is 5.69 Å². The number of rotatable bonds is 3. The van der Waals surface area contributed by atoms with Gasteiger partial charge in [-0.2, -0.15) is 0 Å². The Labute approximate surface area is 127 Å². The van der Waals surface area contributed by atoms with Crippen molar-refractivity contribution >= 4 is 11.8 Å². The number of aromatic carboxylic acids is 1. The van der Waals surface area contributed by atoms with E-state index in [1.807, 2.05) is 26.0 Å². The largest absolute Gasteiger partial charge is 0.477 e. The van der Waals surface area contributed by atoms with E-state index in [1.54, 1.807) is 13.0 Å². The number of pyridine rings is 1. The van der Waals surface area contributed by atoms with E-state index in [1.165, 1.54) is 11.5 Å². The van der Waals surface area contributed by atoms with E-state index in [-0.39, 0.29) is 11.3 Å². The van der Waals surface area contributed by atoms with Crippen molar-refractivity contribution in [2.75, 3.05) is 0 Å². The molecule has 0 aliphatic heterocycles. The van der Waals surface area contributed by atoms with Crippen LogP contribution in [-0.2, 0) is 0 Å². The van der Waals surface area contributed by atoms with Crippen molar-refractivity contribution in [1.29, 1.82) is 0 Å². The van der Waals surface area contributed by atoms with Gasteiger partial charge in [0.1, 0.15) is 5.56 Å². The van der Waals surface area contributed by atoms with Crippen LogP contribution < -0.4 is 5.56 Å². The van der Waals surface area contributed by atoms with Gasteiger partial charge in [-0.1, -0.05) is 17.7 Å². The van der Waals surface area contributed by atoms with Crippen LogP contribution in [0.3, 0.4) is 0 Å². The highest BCUT2D eigenvalue weighted by Gasteiger charge is 2.20. The summed E-state index contributed by atoms with van der Waals surface area (Å²) >= 11 is 0. The second kappa shape index (κ2) is 5.60. The number of carboxylic acids is 1. The lowest BCUT2D eigenvalue weighted by Gasteiger charge is -2.16. The van der Waals surface area contributed by atoms with E-state index in [0.29, 0.717) is 11.4 Å². The zero-order valence-electron chi connectivity index (χ0n) is 12.9. The minimum absolute atomic E-state index is 0.233. The molecule has 0 unspecified atom stereocenters. The molecule has 0 fully saturated rings. The number of aryl methyl sites for hydroxylation is 2. The summed E-state index contributed by atoms with van der Waals surface area (Å²) in [6.07, 6.45) is 0. The lowest BCUT2D eigenvalue weighted by atomic mass is 10.0. The second-order valence-corrected chi connectivity index (χ2v) is 5.35. The van der Waals surface area contributed by atoms with E-state index >= 15 is 0 Å². The number of hydrogen-bond acceptors (Lipinski definition) is 3. The van der Waals surface area contributed by atoms with E-state index < -0.39 is 17.1 Å². The molecule has 22 heavy (non-hydrogen) atoms. The van der Waals surface area contributed by atoms with Crippen molar-refractivity contribution in [2.45, 2.75) is 27.7 Å². The van der Waals surface area contributed by atoms with Crippen molar-refractivity contribution < 1.29 is 14.7 Å². The molecule has 0 bridgehead atoms. The van der Waals surface area contributed by atoms with Crippen molar-refractivity contribution in [3.63, 3.8) is 0 Å². The quantitative estimate of drug-likeness (QED) is 0.884. The van der Waals surface area contributed by atoms with Gasteiger partial charge in [-0.3, -0.25) is 14.2 Å². The van der Waals surface area contributed by atoms with Crippen LogP contribution in [-0.4, -0.2) is 21.4 Å². The van der Waals surface area contributed by atoms with Crippen molar-refractivity contribution in [3.8, 4) is 5.69 Å². The van der Waals surface area contributed by atoms with Crippen LogP contribution in [0.15, 0.2) is 29.1 Å². The van der Waals surface area contributed by atoms with E-state index in [0.717, 1.165) is 17.2 Å². The van der Waals surface area contributed by atoms with E-state index in [2.05, 4.69) is 0 Å². The molecule has 0 saturated heterocycles. The van der Waals surface area contributed by atoms with Gasteiger partial charge < -0.3 is 5.11 Å². The Balaban J connectivity index is 2.93. The van der Waals surface area contributed by atoms with Gasteiger partial charge >= 0.3 is 5.97 Å². The zero-order chi connectivity index (χ0) is 16.6. The van der Waals surface area contributed by atoms with E-state index in [4.69, 9.17) is 0 Å². The fourth-order valence-corrected chi connectivity index (χ4v) is 2.56. The lowest BCUT2D eigenvalue weighted by Crippen LogP contribution is -2.29. The van der Waals surface area contributed by atoms with Crippen LogP contribution >= 0.6 is 0 Å². The second-order valence-electron chi connectivity index (χ2n) is 5.35. The number of nitrogens with zero attached hydrogens (tertiary/aromatic N) is 1. The van der Waals surface area contributed by atoms with Crippen molar-refractivity contribution in [2.24, 2.45) is 0 Å². The fraction of sp³-hybridized carbons (Fsp3) is 0.235. The van der Waals surface area contributed by atoms with Crippen LogP contribution in [0.1, 0.15) is 44.5 Å². The van der Waals surface area contributed by atoms with Crippen molar-refractivity contribution in [3.05, 3.63) is 62.6 Å². The maximum absolute atomic E-state index is 12.5. The summed E-state index contributed by atoms with van der Waals surface area (Å²) in [4.78, 5) is 35.6. The summed E-state index contributed by atoms with van der Waals surface area (Å²) in [6.45, 7) is 6.77. The highest BCUT2D eigenvalue weighted by molar-refractivity contribution is 5.98. The molecule has 0 aliphatic carbocycles. The predicted octanol–water partition coefficient (Wildman–Crippen LogP) is 2.66. The number of ketones is 1. The van der Waals surface area contributed by atoms with Crippen LogP contribution in [0.5, 0.6) is 0 Å². The molecule has 1 aromatic carbocycles. The molecule has 0 atom stereocenters. The first-order valence-corrected chi connectivity index (χ1v) is 6.82. The Bertz CT molecular complexity index is 846. The molecular formula is C17H17NO4. The van der Waals surface area contributed by atoms with Gasteiger partial charge in [0, 0.05) is 11.3 Å². The molecule has 2 aromatic rings. The summed E-state index contributed by atoms with van der Waals surface area (Å²) in [5, 5.41) is 9.22. The molecule has 0 amide bonds. The number of carboxylic acid groups (broad SMARTS) is 1. The summed E-state index contributed by atoms with van der Waals surface area (Å²) in [5.41, 5.74) is 2.08. The maximum atomic E-state index is 12.5. The number of Topliss-reactive ketones (excluding diaryl/α,β-unsaturated/α-hetero) is 1. The Morgan fingerprint density at radius 2 is 1.68 bits per heavy atom. The molecular weight excluding hydrogens is 282 g/mol. The van der Waals surface area contributed by atoms with Crippen molar-refractivity contribution in [1.82, 2.24) is 4.57 Å². The monoisotopic (exact) mass is 299 g/mol. The smallest absolute Gasteiger partial charge is 0.341 e. The minimum Gasteiger partial charge on any atom is -0.477 e. The average molecular weight is 299 g/mol. The predicted molar refractivity (Wildman–Crippen MR) is 83.2 cm³/mol. The number of benzene rings is 1. The van der Waals surface area contributed by atoms with Gasteiger partial charge in [0.05, 0.1) is 5.69 Å². The van der Waals surface area contributed by atoms with Gasteiger partial charge in [-0.05, 0) is 45.4 Å². The number of hydrogen-bond donors (Lipinski definition) is 1. The summed E-state index contributed by atoms with van der Waals surface area (Å²) in [6, 6.07) is 6.66. The summed E-state index contributed by atoms with van der Waals surface area (Å²) < 4.78 is 1.30. The molecule has 1 N–H and O–H groups in total. The zero-order valence-corrected chi connectivity index (χ0v) is 12.9. The molecule has 2 rings (SSSR count). The molecule has 114 valence electrons. The molecule has 0 radical (unpaired) electrons. The van der Waals surface area contributed by atoms with Crippen LogP contribution in [0.2, 0.25) is 0 Å². The summed E-state index contributed by atoms with van der Waals surface area (Å²) in [7, 11) is 0.